The molecule has 0 unspecified atom stereocenters. The lowest BCUT2D eigenvalue weighted by Crippen LogP contribution is -2.44. The van der Waals surface area contributed by atoms with Crippen LogP contribution in [0.3, 0.4) is 0 Å². The molecule has 142 valence electrons. The van der Waals surface area contributed by atoms with E-state index in [0.29, 0.717) is 32.1 Å². The Labute approximate surface area is 158 Å². The molecule has 0 aromatic carbocycles. The zero-order valence-corrected chi connectivity index (χ0v) is 17.3. The molecule has 0 atom stereocenters. The molecule has 1 fully saturated rings. The van der Waals surface area contributed by atoms with Crippen molar-refractivity contribution in [2.45, 2.75) is 19.8 Å². The van der Waals surface area contributed by atoms with Crippen molar-refractivity contribution in [1.29, 1.82) is 0 Å². The first-order valence-electron chi connectivity index (χ1n) is 8.49. The zero-order chi connectivity index (χ0) is 18.1. The minimum atomic E-state index is -3.18. The number of hydrogen-bond donors (Lipinski definition) is 2. The van der Waals surface area contributed by atoms with Crippen LogP contribution in [-0.4, -0.2) is 74.2 Å². The number of hydrogen-bond acceptors (Lipinski definition) is 6. The van der Waals surface area contributed by atoms with Crippen molar-refractivity contribution in [2.75, 3.05) is 50.5 Å². The SMILES string of the molecule is CCc1cnc(CCNC(=NC)NCCS(=O)(=O)N2CCSCC2)s1. The number of nitrogens with one attached hydrogen (secondary N) is 2. The second-order valence-electron chi connectivity index (χ2n) is 5.58. The predicted molar refractivity (Wildman–Crippen MR) is 107 cm³/mol. The lowest BCUT2D eigenvalue weighted by atomic mass is 10.4. The third kappa shape index (κ3) is 6.76. The van der Waals surface area contributed by atoms with Crippen LogP contribution in [0.1, 0.15) is 16.8 Å². The largest absolute Gasteiger partial charge is 0.356 e. The van der Waals surface area contributed by atoms with Gasteiger partial charge >= 0.3 is 0 Å². The van der Waals surface area contributed by atoms with E-state index in [1.54, 1.807) is 34.5 Å². The molecule has 2 N–H and O–H groups in total. The fraction of sp³-hybridized carbons (Fsp3) is 0.733. The molecule has 1 aliphatic heterocycles. The molecule has 0 bridgehead atoms. The van der Waals surface area contributed by atoms with Gasteiger partial charge in [-0.15, -0.1) is 11.3 Å². The van der Waals surface area contributed by atoms with Gasteiger partial charge in [0.15, 0.2) is 5.96 Å². The number of guanidine groups is 1. The van der Waals surface area contributed by atoms with Gasteiger partial charge in [0.05, 0.1) is 10.8 Å². The molecule has 10 heteroatoms. The van der Waals surface area contributed by atoms with Crippen LogP contribution in [0.25, 0.3) is 0 Å². The maximum atomic E-state index is 12.3. The Balaban J connectivity index is 1.69. The van der Waals surface area contributed by atoms with Gasteiger partial charge in [0, 0.05) is 62.2 Å². The average Bonchev–Trinajstić information content (AvgIpc) is 3.09. The van der Waals surface area contributed by atoms with Crippen molar-refractivity contribution in [3.8, 4) is 0 Å². The summed E-state index contributed by atoms with van der Waals surface area (Å²) in [6.45, 7) is 4.43. The van der Waals surface area contributed by atoms with Gasteiger partial charge < -0.3 is 10.6 Å². The van der Waals surface area contributed by atoms with Gasteiger partial charge in [-0.2, -0.15) is 11.8 Å². The van der Waals surface area contributed by atoms with Crippen LogP contribution >= 0.6 is 23.1 Å². The number of thiazole rings is 1. The molecule has 0 saturated carbocycles. The minimum Gasteiger partial charge on any atom is -0.356 e. The van der Waals surface area contributed by atoms with Crippen molar-refractivity contribution in [1.82, 2.24) is 19.9 Å². The van der Waals surface area contributed by atoms with Gasteiger partial charge in [0.25, 0.3) is 0 Å². The minimum absolute atomic E-state index is 0.0880. The molecule has 1 aliphatic rings. The summed E-state index contributed by atoms with van der Waals surface area (Å²) in [5, 5.41) is 7.39. The smallest absolute Gasteiger partial charge is 0.215 e. The van der Waals surface area contributed by atoms with Crippen LogP contribution in [0, 0.1) is 0 Å². The lowest BCUT2D eigenvalue weighted by Gasteiger charge is -2.25. The summed E-state index contributed by atoms with van der Waals surface area (Å²) in [6, 6.07) is 0. The molecule has 0 amide bonds. The van der Waals surface area contributed by atoms with E-state index in [1.807, 2.05) is 6.20 Å². The van der Waals surface area contributed by atoms with Crippen LogP contribution in [0.2, 0.25) is 0 Å². The van der Waals surface area contributed by atoms with Crippen LogP contribution in [0.4, 0.5) is 0 Å². The van der Waals surface area contributed by atoms with Crippen LogP contribution < -0.4 is 10.6 Å². The van der Waals surface area contributed by atoms with E-state index in [4.69, 9.17) is 0 Å². The normalized spacial score (nSPS) is 16.8. The van der Waals surface area contributed by atoms with E-state index in [1.165, 1.54) is 4.88 Å². The average molecular weight is 406 g/mol. The second-order valence-corrected chi connectivity index (χ2v) is 10.1. The molecule has 0 radical (unpaired) electrons. The number of aromatic nitrogens is 1. The van der Waals surface area contributed by atoms with Crippen molar-refractivity contribution in [3.63, 3.8) is 0 Å². The predicted octanol–water partition coefficient (Wildman–Crippen LogP) is 0.792. The molecule has 1 saturated heterocycles. The molecule has 2 heterocycles. The number of nitrogens with zero attached hydrogens (tertiary/aromatic N) is 3. The second kappa shape index (κ2) is 10.3. The van der Waals surface area contributed by atoms with Crippen LogP contribution in [0.5, 0.6) is 0 Å². The van der Waals surface area contributed by atoms with E-state index in [2.05, 4.69) is 27.5 Å². The zero-order valence-electron chi connectivity index (χ0n) is 14.8. The maximum Gasteiger partial charge on any atom is 0.215 e. The highest BCUT2D eigenvalue weighted by atomic mass is 32.2. The lowest BCUT2D eigenvalue weighted by molar-refractivity contribution is 0.443. The summed E-state index contributed by atoms with van der Waals surface area (Å²) in [6.07, 6.45) is 3.77. The summed E-state index contributed by atoms with van der Waals surface area (Å²) < 4.78 is 26.2. The molecule has 1 aromatic rings. The van der Waals surface area contributed by atoms with Gasteiger partial charge in [-0.3, -0.25) is 4.99 Å². The van der Waals surface area contributed by atoms with Crippen molar-refractivity contribution < 1.29 is 8.42 Å². The summed E-state index contributed by atoms with van der Waals surface area (Å²) in [5.41, 5.74) is 0. The Bertz CT molecular complexity index is 654. The van der Waals surface area contributed by atoms with E-state index in [0.717, 1.165) is 29.4 Å². The number of sulfonamides is 1. The highest BCUT2D eigenvalue weighted by Gasteiger charge is 2.23. The topological polar surface area (TPSA) is 86.7 Å². The molecular weight excluding hydrogens is 378 g/mol. The van der Waals surface area contributed by atoms with Crippen LogP contribution in [-0.2, 0) is 22.9 Å². The monoisotopic (exact) mass is 405 g/mol. The third-order valence-corrected chi connectivity index (χ3v) is 7.84. The first-order chi connectivity index (χ1) is 12.0. The van der Waals surface area contributed by atoms with E-state index in [-0.39, 0.29) is 5.75 Å². The molecule has 25 heavy (non-hydrogen) atoms. The summed E-state index contributed by atoms with van der Waals surface area (Å²) in [7, 11) is -1.50. The standard InChI is InChI=1S/C15H27N5O2S3/c1-3-13-12-19-14(24-13)4-5-17-15(16-2)18-6-11-25(21,22)20-7-9-23-10-8-20/h12H,3-11H2,1-2H3,(H2,16,17,18). The van der Waals surface area contributed by atoms with E-state index in [9.17, 15) is 8.42 Å². The number of aryl methyl sites for hydroxylation is 1. The van der Waals surface area contributed by atoms with Gasteiger partial charge in [-0.25, -0.2) is 17.7 Å². The third-order valence-electron chi connectivity index (χ3n) is 3.82. The highest BCUT2D eigenvalue weighted by molar-refractivity contribution is 7.99. The Morgan fingerprint density at radius 3 is 2.68 bits per heavy atom. The fourth-order valence-electron chi connectivity index (χ4n) is 2.39. The first kappa shape index (κ1) is 20.5. The van der Waals surface area contributed by atoms with Gasteiger partial charge in [-0.05, 0) is 6.42 Å². The maximum absolute atomic E-state index is 12.3. The van der Waals surface area contributed by atoms with E-state index >= 15 is 0 Å². The Morgan fingerprint density at radius 1 is 1.32 bits per heavy atom. The Hall–Kier alpha value is -0.840. The van der Waals surface area contributed by atoms with Crippen molar-refractivity contribution in [2.24, 2.45) is 4.99 Å². The first-order valence-corrected chi connectivity index (χ1v) is 12.1. The van der Waals surface area contributed by atoms with Crippen molar-refractivity contribution in [3.05, 3.63) is 16.1 Å². The molecule has 0 aliphatic carbocycles. The number of aliphatic imine (C=N–C) groups is 1. The fourth-order valence-corrected chi connectivity index (χ4v) is 5.74. The summed E-state index contributed by atoms with van der Waals surface area (Å²) >= 11 is 3.53. The molecule has 2 rings (SSSR count). The van der Waals surface area contributed by atoms with Gasteiger partial charge in [-0.1, -0.05) is 6.92 Å². The Kier molecular flexibility index (Phi) is 8.47. The summed E-state index contributed by atoms with van der Waals surface area (Å²) in [4.78, 5) is 9.82. The van der Waals surface area contributed by atoms with Crippen LogP contribution in [0.15, 0.2) is 11.2 Å². The number of rotatable bonds is 8. The molecular formula is C15H27N5O2S3. The molecule has 0 spiro atoms. The van der Waals surface area contributed by atoms with Crippen molar-refractivity contribution >= 4 is 39.1 Å². The number of thioether (sulfide) groups is 1. The molecule has 1 aromatic heterocycles. The van der Waals surface area contributed by atoms with E-state index < -0.39 is 10.0 Å². The quantitative estimate of drug-likeness (QED) is 0.491. The Morgan fingerprint density at radius 2 is 2.04 bits per heavy atom. The highest BCUT2D eigenvalue weighted by Crippen LogP contribution is 2.14. The van der Waals surface area contributed by atoms with Gasteiger partial charge in [0.2, 0.25) is 10.0 Å². The van der Waals surface area contributed by atoms with Gasteiger partial charge in [0.1, 0.15) is 0 Å². The molecule has 7 nitrogen and oxygen atoms in total. The summed E-state index contributed by atoms with van der Waals surface area (Å²) in [5.74, 6) is 2.47.